The van der Waals surface area contributed by atoms with Crippen LogP contribution in [0.2, 0.25) is 0 Å². The highest BCUT2D eigenvalue weighted by Gasteiger charge is 2.24. The van der Waals surface area contributed by atoms with Crippen LogP contribution in [0.4, 0.5) is 0 Å². The number of rotatable bonds is 3. The Morgan fingerprint density at radius 1 is 1.25 bits per heavy atom. The second kappa shape index (κ2) is 5.99. The van der Waals surface area contributed by atoms with Crippen LogP contribution in [0.3, 0.4) is 0 Å². The molecule has 2 heterocycles. The highest BCUT2D eigenvalue weighted by Crippen LogP contribution is 2.20. The van der Waals surface area contributed by atoms with Gasteiger partial charge in [0, 0.05) is 18.7 Å². The van der Waals surface area contributed by atoms with E-state index < -0.39 is 0 Å². The summed E-state index contributed by atoms with van der Waals surface area (Å²) in [6.45, 7) is 6.75. The fraction of sp³-hybridized carbons (Fsp3) is 1.00. The minimum atomic E-state index is 0.600. The van der Waals surface area contributed by atoms with Crippen molar-refractivity contribution in [3.05, 3.63) is 0 Å². The van der Waals surface area contributed by atoms with Gasteiger partial charge in [0.1, 0.15) is 0 Å². The predicted molar refractivity (Wildman–Crippen MR) is 66.7 cm³/mol. The van der Waals surface area contributed by atoms with Gasteiger partial charge in [-0.25, -0.2) is 0 Å². The summed E-state index contributed by atoms with van der Waals surface area (Å²) in [7, 11) is 2.23. The molecule has 2 aliphatic heterocycles. The van der Waals surface area contributed by atoms with Gasteiger partial charge in [-0.05, 0) is 58.7 Å². The maximum Gasteiger partial charge on any atom is 0.0619 e. The van der Waals surface area contributed by atoms with Crippen LogP contribution in [0.5, 0.6) is 0 Å². The van der Waals surface area contributed by atoms with E-state index in [4.69, 9.17) is 4.74 Å². The molecule has 3 heteroatoms. The highest BCUT2D eigenvalue weighted by atomic mass is 16.5. The molecule has 1 N–H and O–H groups in total. The molecule has 2 aliphatic rings. The van der Waals surface area contributed by atoms with Gasteiger partial charge in [-0.3, -0.25) is 0 Å². The lowest BCUT2D eigenvalue weighted by Gasteiger charge is -2.35. The van der Waals surface area contributed by atoms with Crippen LogP contribution >= 0.6 is 0 Å². The second-order valence-corrected chi connectivity index (χ2v) is 5.51. The topological polar surface area (TPSA) is 24.5 Å². The molecule has 0 bridgehead atoms. The minimum absolute atomic E-state index is 0.600. The summed E-state index contributed by atoms with van der Waals surface area (Å²) in [5.41, 5.74) is 0. The third-order valence-corrected chi connectivity index (χ3v) is 4.13. The monoisotopic (exact) mass is 226 g/mol. The Bertz CT molecular complexity index is 196. The van der Waals surface area contributed by atoms with Crippen LogP contribution in [0.15, 0.2) is 0 Å². The average molecular weight is 226 g/mol. The number of nitrogens with one attached hydrogen (secondary N) is 1. The Kier molecular flexibility index (Phi) is 4.62. The summed E-state index contributed by atoms with van der Waals surface area (Å²) in [6, 6.07) is 1.25. The van der Waals surface area contributed by atoms with Gasteiger partial charge in [-0.2, -0.15) is 0 Å². The number of nitrogens with zero attached hydrogens (tertiary/aromatic N) is 1. The standard InChI is InChI=1S/C13H26N2O/c1-11(12-5-7-15(2)8-6-12)14-13-4-3-9-16-10-13/h11-14H,3-10H2,1-2H3. The molecule has 0 aromatic heterocycles. The van der Waals surface area contributed by atoms with Gasteiger partial charge >= 0.3 is 0 Å². The van der Waals surface area contributed by atoms with Crippen molar-refractivity contribution in [2.75, 3.05) is 33.4 Å². The van der Waals surface area contributed by atoms with Gasteiger partial charge in [-0.15, -0.1) is 0 Å². The quantitative estimate of drug-likeness (QED) is 0.789. The van der Waals surface area contributed by atoms with Gasteiger partial charge in [0.05, 0.1) is 6.61 Å². The molecule has 0 aromatic carbocycles. The van der Waals surface area contributed by atoms with E-state index in [2.05, 4.69) is 24.2 Å². The van der Waals surface area contributed by atoms with Gasteiger partial charge in [0.15, 0.2) is 0 Å². The normalized spacial score (nSPS) is 31.5. The van der Waals surface area contributed by atoms with E-state index in [9.17, 15) is 0 Å². The van der Waals surface area contributed by atoms with Crippen LogP contribution in [0.25, 0.3) is 0 Å². The minimum Gasteiger partial charge on any atom is -0.380 e. The lowest BCUT2D eigenvalue weighted by atomic mass is 9.90. The fourth-order valence-corrected chi connectivity index (χ4v) is 2.91. The van der Waals surface area contributed by atoms with Crippen LogP contribution in [0, 0.1) is 5.92 Å². The van der Waals surface area contributed by atoms with Crippen molar-refractivity contribution >= 4 is 0 Å². The van der Waals surface area contributed by atoms with E-state index in [0.29, 0.717) is 12.1 Å². The summed E-state index contributed by atoms with van der Waals surface area (Å²) in [4.78, 5) is 2.44. The predicted octanol–water partition coefficient (Wildman–Crippen LogP) is 1.49. The van der Waals surface area contributed by atoms with Gasteiger partial charge in [0.25, 0.3) is 0 Å². The Hall–Kier alpha value is -0.120. The van der Waals surface area contributed by atoms with E-state index in [1.165, 1.54) is 38.8 Å². The molecule has 2 unspecified atom stereocenters. The molecule has 0 radical (unpaired) electrons. The Morgan fingerprint density at radius 3 is 2.62 bits per heavy atom. The third kappa shape index (κ3) is 3.44. The molecule has 0 amide bonds. The average Bonchev–Trinajstić information content (AvgIpc) is 2.31. The first-order valence-corrected chi connectivity index (χ1v) is 6.78. The molecule has 2 atom stereocenters. The molecule has 0 spiro atoms. The van der Waals surface area contributed by atoms with Crippen molar-refractivity contribution in [1.29, 1.82) is 0 Å². The highest BCUT2D eigenvalue weighted by molar-refractivity contribution is 4.82. The first kappa shape index (κ1) is 12.3. The van der Waals surface area contributed by atoms with Crippen LogP contribution < -0.4 is 5.32 Å². The zero-order valence-electron chi connectivity index (χ0n) is 10.7. The van der Waals surface area contributed by atoms with Crippen molar-refractivity contribution in [1.82, 2.24) is 10.2 Å². The smallest absolute Gasteiger partial charge is 0.0619 e. The molecular formula is C13H26N2O. The molecule has 3 nitrogen and oxygen atoms in total. The number of piperidine rings is 1. The van der Waals surface area contributed by atoms with Gasteiger partial charge in [0.2, 0.25) is 0 Å². The van der Waals surface area contributed by atoms with Crippen molar-refractivity contribution in [3.63, 3.8) is 0 Å². The molecule has 0 aliphatic carbocycles. The molecule has 2 fully saturated rings. The lowest BCUT2D eigenvalue weighted by molar-refractivity contribution is 0.0610. The first-order valence-electron chi connectivity index (χ1n) is 6.78. The Morgan fingerprint density at radius 2 is 2.00 bits per heavy atom. The molecule has 0 aromatic rings. The van der Waals surface area contributed by atoms with E-state index >= 15 is 0 Å². The summed E-state index contributed by atoms with van der Waals surface area (Å²) in [6.07, 6.45) is 5.20. The van der Waals surface area contributed by atoms with E-state index in [1.54, 1.807) is 0 Å². The number of likely N-dealkylation sites (tertiary alicyclic amines) is 1. The summed E-state index contributed by atoms with van der Waals surface area (Å²) >= 11 is 0. The third-order valence-electron chi connectivity index (χ3n) is 4.13. The molecule has 16 heavy (non-hydrogen) atoms. The summed E-state index contributed by atoms with van der Waals surface area (Å²) in [5, 5.41) is 3.76. The largest absolute Gasteiger partial charge is 0.380 e. The molecule has 2 rings (SSSR count). The Labute approximate surface area is 99.5 Å². The fourth-order valence-electron chi connectivity index (χ4n) is 2.91. The molecule has 2 saturated heterocycles. The number of hydrogen-bond donors (Lipinski definition) is 1. The molecule has 0 saturated carbocycles. The zero-order chi connectivity index (χ0) is 11.4. The molecule has 94 valence electrons. The van der Waals surface area contributed by atoms with Crippen LogP contribution in [0.1, 0.15) is 32.6 Å². The SMILES string of the molecule is CC(NC1CCCOC1)C1CCN(C)CC1. The summed E-state index contributed by atoms with van der Waals surface area (Å²) < 4.78 is 5.52. The van der Waals surface area contributed by atoms with E-state index in [-0.39, 0.29) is 0 Å². The summed E-state index contributed by atoms with van der Waals surface area (Å²) in [5.74, 6) is 0.859. The van der Waals surface area contributed by atoms with E-state index in [0.717, 1.165) is 19.1 Å². The number of hydrogen-bond acceptors (Lipinski definition) is 3. The van der Waals surface area contributed by atoms with Crippen molar-refractivity contribution < 1.29 is 4.74 Å². The maximum atomic E-state index is 5.52. The van der Waals surface area contributed by atoms with Crippen molar-refractivity contribution in [2.45, 2.75) is 44.7 Å². The van der Waals surface area contributed by atoms with Crippen LogP contribution in [-0.4, -0.2) is 50.3 Å². The first-order chi connectivity index (χ1) is 7.75. The van der Waals surface area contributed by atoms with Crippen LogP contribution in [-0.2, 0) is 4.74 Å². The maximum absolute atomic E-state index is 5.52. The second-order valence-electron chi connectivity index (χ2n) is 5.51. The lowest BCUT2D eigenvalue weighted by Crippen LogP contribution is -2.47. The zero-order valence-corrected chi connectivity index (χ0v) is 10.7. The van der Waals surface area contributed by atoms with Crippen molar-refractivity contribution in [3.8, 4) is 0 Å². The Balaban J connectivity index is 1.72. The van der Waals surface area contributed by atoms with E-state index in [1.807, 2.05) is 0 Å². The van der Waals surface area contributed by atoms with Gasteiger partial charge < -0.3 is 15.0 Å². The molecular weight excluding hydrogens is 200 g/mol. The number of ether oxygens (including phenoxy) is 1. The van der Waals surface area contributed by atoms with Crippen molar-refractivity contribution in [2.24, 2.45) is 5.92 Å². The van der Waals surface area contributed by atoms with Gasteiger partial charge in [-0.1, -0.05) is 0 Å².